The van der Waals surface area contributed by atoms with E-state index in [2.05, 4.69) is 28.6 Å². The van der Waals surface area contributed by atoms with E-state index < -0.39 is 0 Å². The molecule has 1 heterocycles. The minimum absolute atomic E-state index is 0.141. The fourth-order valence-electron chi connectivity index (χ4n) is 2.31. The van der Waals surface area contributed by atoms with Crippen LogP contribution in [0.3, 0.4) is 0 Å². The second-order valence-corrected chi connectivity index (χ2v) is 4.56. The third-order valence-electron chi connectivity index (χ3n) is 3.15. The van der Waals surface area contributed by atoms with E-state index in [0.717, 1.165) is 17.1 Å². The first-order chi connectivity index (χ1) is 9.15. The molecule has 4 heteroatoms. The second kappa shape index (κ2) is 5.89. The van der Waals surface area contributed by atoms with E-state index in [1.54, 1.807) is 0 Å². The molecule has 0 aliphatic carbocycles. The molecular formula is C15H21N3O. The molecule has 1 aromatic carbocycles. The first-order valence-corrected chi connectivity index (χ1v) is 6.56. The summed E-state index contributed by atoms with van der Waals surface area (Å²) in [5.74, 6) is 0.905. The maximum absolute atomic E-state index is 5.47. The van der Waals surface area contributed by atoms with Gasteiger partial charge in [0.1, 0.15) is 5.75 Å². The standard InChI is InChI=1S/C15H21N3O/c1-5-19-13-8-6-12(7-9-13)15(16-3)14-10-11(2)17-18(14)4/h6-10,15-16H,5H2,1-4H3. The number of hydrogen-bond donors (Lipinski definition) is 1. The zero-order chi connectivity index (χ0) is 13.8. The maximum Gasteiger partial charge on any atom is 0.119 e. The zero-order valence-electron chi connectivity index (χ0n) is 12.0. The Morgan fingerprint density at radius 3 is 2.47 bits per heavy atom. The molecule has 0 fully saturated rings. The van der Waals surface area contributed by atoms with Gasteiger partial charge in [-0.2, -0.15) is 5.10 Å². The van der Waals surface area contributed by atoms with Crippen LogP contribution in [0.15, 0.2) is 30.3 Å². The molecule has 0 saturated heterocycles. The van der Waals surface area contributed by atoms with Crippen LogP contribution in [-0.2, 0) is 7.05 Å². The lowest BCUT2D eigenvalue weighted by atomic mass is 10.0. The van der Waals surface area contributed by atoms with Crippen LogP contribution in [-0.4, -0.2) is 23.4 Å². The topological polar surface area (TPSA) is 39.1 Å². The van der Waals surface area contributed by atoms with E-state index in [4.69, 9.17) is 4.74 Å². The number of aryl methyl sites for hydroxylation is 2. The Hall–Kier alpha value is -1.81. The van der Waals surface area contributed by atoms with Gasteiger partial charge in [0.15, 0.2) is 0 Å². The molecule has 0 radical (unpaired) electrons. The monoisotopic (exact) mass is 259 g/mol. The molecule has 0 aliphatic rings. The summed E-state index contributed by atoms with van der Waals surface area (Å²) in [7, 11) is 3.94. The Labute approximate surface area is 114 Å². The van der Waals surface area contributed by atoms with Gasteiger partial charge in [0.25, 0.3) is 0 Å². The second-order valence-electron chi connectivity index (χ2n) is 4.56. The first kappa shape index (κ1) is 13.6. The van der Waals surface area contributed by atoms with Crippen LogP contribution in [0.5, 0.6) is 5.75 Å². The van der Waals surface area contributed by atoms with Crippen molar-refractivity contribution >= 4 is 0 Å². The predicted octanol–water partition coefficient (Wildman–Crippen LogP) is 2.44. The fourth-order valence-corrected chi connectivity index (χ4v) is 2.31. The van der Waals surface area contributed by atoms with Gasteiger partial charge in [0.05, 0.1) is 24.0 Å². The number of nitrogens with zero attached hydrogens (tertiary/aromatic N) is 2. The summed E-state index contributed by atoms with van der Waals surface area (Å²) in [6.45, 7) is 4.69. The van der Waals surface area contributed by atoms with E-state index in [1.807, 2.05) is 44.8 Å². The highest BCUT2D eigenvalue weighted by Crippen LogP contribution is 2.24. The van der Waals surface area contributed by atoms with Crippen LogP contribution >= 0.6 is 0 Å². The molecule has 1 unspecified atom stereocenters. The van der Waals surface area contributed by atoms with Crippen LogP contribution in [0.4, 0.5) is 0 Å². The average Bonchev–Trinajstić information content (AvgIpc) is 2.72. The largest absolute Gasteiger partial charge is 0.494 e. The van der Waals surface area contributed by atoms with E-state index in [-0.39, 0.29) is 6.04 Å². The highest BCUT2D eigenvalue weighted by Gasteiger charge is 2.16. The fraction of sp³-hybridized carbons (Fsp3) is 0.400. The van der Waals surface area contributed by atoms with Gasteiger partial charge in [-0.3, -0.25) is 4.68 Å². The lowest BCUT2D eigenvalue weighted by molar-refractivity contribution is 0.340. The Bertz CT molecular complexity index is 531. The number of rotatable bonds is 5. The molecule has 0 saturated carbocycles. The van der Waals surface area contributed by atoms with Gasteiger partial charge in [0.2, 0.25) is 0 Å². The van der Waals surface area contributed by atoms with E-state index in [0.29, 0.717) is 6.61 Å². The molecule has 1 atom stereocenters. The Balaban J connectivity index is 2.29. The van der Waals surface area contributed by atoms with Gasteiger partial charge in [-0.25, -0.2) is 0 Å². The van der Waals surface area contributed by atoms with Gasteiger partial charge in [-0.15, -0.1) is 0 Å². The lowest BCUT2D eigenvalue weighted by Crippen LogP contribution is -2.20. The normalized spacial score (nSPS) is 12.4. The minimum Gasteiger partial charge on any atom is -0.494 e. The van der Waals surface area contributed by atoms with Crippen molar-refractivity contribution in [3.05, 3.63) is 47.3 Å². The number of nitrogens with one attached hydrogen (secondary N) is 1. The summed E-state index contributed by atoms with van der Waals surface area (Å²) in [5, 5.41) is 7.74. The average molecular weight is 259 g/mol. The Morgan fingerprint density at radius 1 is 1.32 bits per heavy atom. The van der Waals surface area contributed by atoms with Crippen molar-refractivity contribution in [1.29, 1.82) is 0 Å². The van der Waals surface area contributed by atoms with Gasteiger partial charge in [0, 0.05) is 7.05 Å². The van der Waals surface area contributed by atoms with Crippen molar-refractivity contribution in [2.45, 2.75) is 19.9 Å². The van der Waals surface area contributed by atoms with Gasteiger partial charge < -0.3 is 10.1 Å². The van der Waals surface area contributed by atoms with Crippen molar-refractivity contribution in [2.24, 2.45) is 7.05 Å². The summed E-state index contributed by atoms with van der Waals surface area (Å²) >= 11 is 0. The smallest absolute Gasteiger partial charge is 0.119 e. The van der Waals surface area contributed by atoms with E-state index in [1.165, 1.54) is 5.56 Å². The lowest BCUT2D eigenvalue weighted by Gasteiger charge is -2.17. The van der Waals surface area contributed by atoms with Gasteiger partial charge in [-0.05, 0) is 44.7 Å². The molecule has 1 N–H and O–H groups in total. The first-order valence-electron chi connectivity index (χ1n) is 6.56. The maximum atomic E-state index is 5.47. The molecule has 0 aliphatic heterocycles. The number of ether oxygens (including phenoxy) is 1. The summed E-state index contributed by atoms with van der Waals surface area (Å²) in [6.07, 6.45) is 0. The highest BCUT2D eigenvalue weighted by atomic mass is 16.5. The number of benzene rings is 1. The van der Waals surface area contributed by atoms with Crippen molar-refractivity contribution in [2.75, 3.05) is 13.7 Å². The summed E-state index contributed by atoms with van der Waals surface area (Å²) in [6, 6.07) is 10.4. The summed E-state index contributed by atoms with van der Waals surface area (Å²) in [5.41, 5.74) is 3.39. The SMILES string of the molecule is CCOc1ccc(C(NC)c2cc(C)nn2C)cc1. The molecule has 2 rings (SSSR count). The predicted molar refractivity (Wildman–Crippen MR) is 76.5 cm³/mol. The molecule has 0 spiro atoms. The number of hydrogen-bond acceptors (Lipinski definition) is 3. The summed E-state index contributed by atoms with van der Waals surface area (Å²) < 4.78 is 7.39. The van der Waals surface area contributed by atoms with Crippen molar-refractivity contribution in [3.8, 4) is 5.75 Å². The molecule has 19 heavy (non-hydrogen) atoms. The van der Waals surface area contributed by atoms with Gasteiger partial charge >= 0.3 is 0 Å². The molecule has 1 aromatic heterocycles. The van der Waals surface area contributed by atoms with Crippen LogP contribution in [0, 0.1) is 6.92 Å². The van der Waals surface area contributed by atoms with Crippen molar-refractivity contribution < 1.29 is 4.74 Å². The highest BCUT2D eigenvalue weighted by molar-refractivity contribution is 5.33. The molecule has 2 aromatic rings. The van der Waals surface area contributed by atoms with E-state index in [9.17, 15) is 0 Å². The number of aromatic nitrogens is 2. The quantitative estimate of drug-likeness (QED) is 0.896. The minimum atomic E-state index is 0.141. The Morgan fingerprint density at radius 2 is 2.00 bits per heavy atom. The van der Waals surface area contributed by atoms with Crippen LogP contribution < -0.4 is 10.1 Å². The van der Waals surface area contributed by atoms with Crippen molar-refractivity contribution in [3.63, 3.8) is 0 Å². The van der Waals surface area contributed by atoms with E-state index >= 15 is 0 Å². The van der Waals surface area contributed by atoms with Crippen LogP contribution in [0.25, 0.3) is 0 Å². The molecule has 4 nitrogen and oxygen atoms in total. The molecule has 0 bridgehead atoms. The zero-order valence-corrected chi connectivity index (χ0v) is 12.0. The Kier molecular flexibility index (Phi) is 4.22. The van der Waals surface area contributed by atoms with Crippen molar-refractivity contribution in [1.82, 2.24) is 15.1 Å². The molecular weight excluding hydrogens is 238 g/mol. The molecule has 0 amide bonds. The third kappa shape index (κ3) is 2.96. The molecule has 102 valence electrons. The third-order valence-corrected chi connectivity index (χ3v) is 3.15. The summed E-state index contributed by atoms with van der Waals surface area (Å²) in [4.78, 5) is 0. The van der Waals surface area contributed by atoms with Crippen LogP contribution in [0.2, 0.25) is 0 Å². The van der Waals surface area contributed by atoms with Gasteiger partial charge in [-0.1, -0.05) is 12.1 Å². The van der Waals surface area contributed by atoms with Crippen LogP contribution in [0.1, 0.15) is 29.9 Å².